The summed E-state index contributed by atoms with van der Waals surface area (Å²) in [6.07, 6.45) is 7.37. The monoisotopic (exact) mass is 126 g/mol. The van der Waals surface area contributed by atoms with E-state index in [0.29, 0.717) is 0 Å². The highest BCUT2D eigenvalue weighted by Crippen LogP contribution is 2.25. The van der Waals surface area contributed by atoms with Gasteiger partial charge < -0.3 is 0 Å². The second kappa shape index (κ2) is 3.24. The van der Waals surface area contributed by atoms with Gasteiger partial charge in [-0.1, -0.05) is 46.0 Å². The highest BCUT2D eigenvalue weighted by atomic mass is 14.2. The first-order valence-corrected chi connectivity index (χ1v) is 4.29. The van der Waals surface area contributed by atoms with Crippen molar-refractivity contribution in [3.05, 3.63) is 0 Å². The second-order valence-corrected chi connectivity index (χ2v) is 3.72. The van der Waals surface area contributed by atoms with Crippen LogP contribution in [-0.4, -0.2) is 0 Å². The van der Waals surface area contributed by atoms with Gasteiger partial charge in [-0.05, 0) is 11.8 Å². The zero-order valence-corrected chi connectivity index (χ0v) is 6.69. The van der Waals surface area contributed by atoms with Crippen molar-refractivity contribution in [1.82, 2.24) is 0 Å². The minimum Gasteiger partial charge on any atom is -0.0625 e. The average Bonchev–Trinajstić information content (AvgIpc) is 1.97. The number of hydrogen-bond acceptors (Lipinski definition) is 0. The summed E-state index contributed by atoms with van der Waals surface area (Å²) >= 11 is 0. The molecule has 1 rings (SSSR count). The van der Waals surface area contributed by atoms with E-state index in [1.807, 2.05) is 0 Å². The Balaban J connectivity index is 2.25. The maximum Gasteiger partial charge on any atom is -0.0443 e. The Labute approximate surface area is 58.7 Å². The molecular weight excluding hydrogens is 108 g/mol. The predicted octanol–water partition coefficient (Wildman–Crippen LogP) is 3.22. The van der Waals surface area contributed by atoms with Gasteiger partial charge >= 0.3 is 0 Å². The maximum absolute atomic E-state index is 2.39. The van der Waals surface area contributed by atoms with Crippen molar-refractivity contribution in [2.24, 2.45) is 11.8 Å². The Morgan fingerprint density at radius 3 is 1.67 bits per heavy atom. The van der Waals surface area contributed by atoms with Crippen molar-refractivity contribution in [1.29, 1.82) is 0 Å². The summed E-state index contributed by atoms with van der Waals surface area (Å²) in [6, 6.07) is 0. The molecule has 0 bridgehead atoms. The van der Waals surface area contributed by atoms with Crippen molar-refractivity contribution >= 4 is 0 Å². The van der Waals surface area contributed by atoms with E-state index >= 15 is 0 Å². The molecule has 0 N–H and O–H groups in total. The quantitative estimate of drug-likeness (QED) is 0.437. The van der Waals surface area contributed by atoms with Crippen molar-refractivity contribution in [3.63, 3.8) is 0 Å². The van der Waals surface area contributed by atoms with Crippen LogP contribution in [0.5, 0.6) is 0 Å². The molecule has 0 nitrogen and oxygen atoms in total. The fraction of sp³-hybridized carbons (Fsp3) is 1.00. The van der Waals surface area contributed by atoms with E-state index in [1.165, 1.54) is 32.1 Å². The van der Waals surface area contributed by atoms with E-state index in [-0.39, 0.29) is 0 Å². The normalized spacial score (nSPS) is 38.0. The molecule has 1 saturated carbocycles. The lowest BCUT2D eigenvalue weighted by Crippen LogP contribution is -1.91. The molecular formula is C9H18. The second-order valence-electron chi connectivity index (χ2n) is 3.72. The van der Waals surface area contributed by atoms with E-state index in [9.17, 15) is 0 Å². The third kappa shape index (κ3) is 2.38. The standard InChI is InChI=1S/C9H18/c1-8-4-3-5-9(2)7-6-8/h8-9H,3-7H2,1-2H3/t8-,9?/m0/s1. The van der Waals surface area contributed by atoms with Crippen LogP contribution in [0.2, 0.25) is 0 Å². The molecule has 2 atom stereocenters. The molecule has 0 aliphatic heterocycles. The summed E-state index contributed by atoms with van der Waals surface area (Å²) in [5, 5.41) is 0. The molecule has 0 aromatic carbocycles. The summed E-state index contributed by atoms with van der Waals surface area (Å²) < 4.78 is 0. The summed E-state index contributed by atoms with van der Waals surface area (Å²) in [4.78, 5) is 0. The van der Waals surface area contributed by atoms with Crippen LogP contribution in [0.4, 0.5) is 0 Å². The molecule has 0 heterocycles. The number of hydrogen-bond donors (Lipinski definition) is 0. The summed E-state index contributed by atoms with van der Waals surface area (Å²) in [5.41, 5.74) is 0. The smallest absolute Gasteiger partial charge is 0.0443 e. The Morgan fingerprint density at radius 2 is 1.22 bits per heavy atom. The molecule has 1 fully saturated rings. The lowest BCUT2D eigenvalue weighted by Gasteiger charge is -2.05. The third-order valence-electron chi connectivity index (χ3n) is 2.55. The Bertz CT molecular complexity index is 66.1. The van der Waals surface area contributed by atoms with Crippen LogP contribution in [0.3, 0.4) is 0 Å². The Morgan fingerprint density at radius 1 is 0.778 bits per heavy atom. The van der Waals surface area contributed by atoms with Crippen molar-refractivity contribution < 1.29 is 0 Å². The predicted molar refractivity (Wildman–Crippen MR) is 41.4 cm³/mol. The van der Waals surface area contributed by atoms with Gasteiger partial charge in [0.1, 0.15) is 0 Å². The van der Waals surface area contributed by atoms with E-state index in [2.05, 4.69) is 13.8 Å². The van der Waals surface area contributed by atoms with Crippen LogP contribution in [0.25, 0.3) is 0 Å². The van der Waals surface area contributed by atoms with Gasteiger partial charge in [0.15, 0.2) is 0 Å². The Hall–Kier alpha value is 0. The van der Waals surface area contributed by atoms with Gasteiger partial charge in [0.05, 0.1) is 0 Å². The first kappa shape index (κ1) is 7.11. The van der Waals surface area contributed by atoms with Gasteiger partial charge in [-0.3, -0.25) is 0 Å². The first-order valence-electron chi connectivity index (χ1n) is 4.29. The average molecular weight is 126 g/mol. The first-order chi connectivity index (χ1) is 4.29. The zero-order chi connectivity index (χ0) is 6.69. The van der Waals surface area contributed by atoms with Crippen LogP contribution in [0.1, 0.15) is 46.0 Å². The van der Waals surface area contributed by atoms with Crippen LogP contribution in [-0.2, 0) is 0 Å². The minimum absolute atomic E-state index is 1.01. The molecule has 0 amide bonds. The highest BCUT2D eigenvalue weighted by Gasteiger charge is 2.11. The van der Waals surface area contributed by atoms with E-state index in [0.717, 1.165) is 11.8 Å². The van der Waals surface area contributed by atoms with E-state index < -0.39 is 0 Å². The molecule has 0 radical (unpaired) electrons. The number of rotatable bonds is 0. The summed E-state index contributed by atoms with van der Waals surface area (Å²) in [5.74, 6) is 2.02. The molecule has 0 saturated heterocycles. The van der Waals surface area contributed by atoms with Crippen molar-refractivity contribution in [2.75, 3.05) is 0 Å². The SMILES string of the molecule is CC1CCC[C@H](C)CC1. The molecule has 0 aromatic heterocycles. The summed E-state index contributed by atoms with van der Waals surface area (Å²) in [6.45, 7) is 4.77. The fourth-order valence-electron chi connectivity index (χ4n) is 1.67. The van der Waals surface area contributed by atoms with Gasteiger partial charge in [-0.2, -0.15) is 0 Å². The van der Waals surface area contributed by atoms with Crippen LogP contribution in [0, 0.1) is 11.8 Å². The largest absolute Gasteiger partial charge is 0.0625 e. The Kier molecular flexibility index (Phi) is 2.56. The lowest BCUT2D eigenvalue weighted by molar-refractivity contribution is 0.476. The molecule has 1 unspecified atom stereocenters. The summed E-state index contributed by atoms with van der Waals surface area (Å²) in [7, 11) is 0. The van der Waals surface area contributed by atoms with Gasteiger partial charge in [-0.15, -0.1) is 0 Å². The third-order valence-corrected chi connectivity index (χ3v) is 2.55. The molecule has 1 aliphatic rings. The molecule has 0 aromatic rings. The van der Waals surface area contributed by atoms with Crippen molar-refractivity contribution in [3.8, 4) is 0 Å². The van der Waals surface area contributed by atoms with Crippen molar-refractivity contribution in [2.45, 2.75) is 46.0 Å². The van der Waals surface area contributed by atoms with E-state index in [1.54, 1.807) is 0 Å². The molecule has 0 heteroatoms. The van der Waals surface area contributed by atoms with Gasteiger partial charge in [0.25, 0.3) is 0 Å². The van der Waals surface area contributed by atoms with Gasteiger partial charge in [0, 0.05) is 0 Å². The molecule has 0 spiro atoms. The molecule has 54 valence electrons. The fourth-order valence-corrected chi connectivity index (χ4v) is 1.67. The minimum atomic E-state index is 1.01. The van der Waals surface area contributed by atoms with Gasteiger partial charge in [-0.25, -0.2) is 0 Å². The maximum atomic E-state index is 2.39. The molecule has 1 aliphatic carbocycles. The van der Waals surface area contributed by atoms with Crippen LogP contribution in [0.15, 0.2) is 0 Å². The topological polar surface area (TPSA) is 0 Å². The van der Waals surface area contributed by atoms with E-state index in [4.69, 9.17) is 0 Å². The van der Waals surface area contributed by atoms with Crippen LogP contribution < -0.4 is 0 Å². The lowest BCUT2D eigenvalue weighted by atomic mass is 10.0. The zero-order valence-electron chi connectivity index (χ0n) is 6.69. The molecule has 9 heavy (non-hydrogen) atoms. The van der Waals surface area contributed by atoms with Gasteiger partial charge in [0.2, 0.25) is 0 Å². The highest BCUT2D eigenvalue weighted by molar-refractivity contribution is 4.64. The van der Waals surface area contributed by atoms with Crippen LogP contribution >= 0.6 is 0 Å².